The number of nitrogens with zero attached hydrogens (tertiary/aromatic N) is 1. The molecule has 0 aromatic heterocycles. The molecule has 0 heterocycles. The largest absolute Gasteiger partial charge is 0.395 e. The first-order valence-corrected chi connectivity index (χ1v) is 5.83. The highest BCUT2D eigenvalue weighted by molar-refractivity contribution is 14.1. The average molecular weight is 340 g/mol. The summed E-state index contributed by atoms with van der Waals surface area (Å²) in [7, 11) is 1.63. The van der Waals surface area contributed by atoms with Crippen LogP contribution in [-0.4, -0.2) is 36.1 Å². The van der Waals surface area contributed by atoms with E-state index in [1.54, 1.807) is 19.2 Å². The Kier molecular flexibility index (Phi) is 4.82. The maximum Gasteiger partial charge on any atom is 0.255 e. The molecule has 0 aliphatic rings. The molecular weight excluding hydrogens is 328 g/mol. The predicted molar refractivity (Wildman–Crippen MR) is 68.2 cm³/mol. The molecule has 0 spiro atoms. The van der Waals surface area contributed by atoms with Crippen LogP contribution in [0.25, 0.3) is 0 Å². The van der Waals surface area contributed by atoms with E-state index in [4.69, 9.17) is 16.7 Å². The SMILES string of the molecule is CN(CCO)C(=O)c1ccc(I)cc1Cl. The van der Waals surface area contributed by atoms with E-state index in [0.717, 1.165) is 3.57 Å². The quantitative estimate of drug-likeness (QED) is 0.856. The molecule has 1 rings (SSSR count). The third kappa shape index (κ3) is 3.32. The Balaban J connectivity index is 2.91. The van der Waals surface area contributed by atoms with Gasteiger partial charge in [-0.05, 0) is 40.8 Å². The molecule has 1 aromatic carbocycles. The van der Waals surface area contributed by atoms with Crippen molar-refractivity contribution in [1.82, 2.24) is 4.90 Å². The van der Waals surface area contributed by atoms with Crippen LogP contribution in [0.5, 0.6) is 0 Å². The Labute approximate surface area is 107 Å². The van der Waals surface area contributed by atoms with Crippen LogP contribution in [0.2, 0.25) is 5.02 Å². The van der Waals surface area contributed by atoms with Crippen molar-refractivity contribution in [2.45, 2.75) is 0 Å². The number of aliphatic hydroxyl groups is 1. The predicted octanol–water partition coefficient (Wildman–Crippen LogP) is 2.01. The number of halogens is 2. The van der Waals surface area contributed by atoms with Crippen LogP contribution in [-0.2, 0) is 0 Å². The van der Waals surface area contributed by atoms with Gasteiger partial charge in [-0.1, -0.05) is 11.6 Å². The zero-order valence-electron chi connectivity index (χ0n) is 8.20. The molecule has 15 heavy (non-hydrogen) atoms. The van der Waals surface area contributed by atoms with Gasteiger partial charge in [-0.3, -0.25) is 4.79 Å². The number of likely N-dealkylation sites (N-methyl/N-ethyl adjacent to an activating group) is 1. The molecule has 0 saturated carbocycles. The molecular formula is C10H11ClINO2. The first kappa shape index (κ1) is 12.7. The molecule has 0 aliphatic heterocycles. The average Bonchev–Trinajstić information content (AvgIpc) is 2.17. The molecule has 0 fully saturated rings. The van der Waals surface area contributed by atoms with E-state index >= 15 is 0 Å². The third-order valence-electron chi connectivity index (χ3n) is 1.94. The molecule has 0 bridgehead atoms. The van der Waals surface area contributed by atoms with E-state index in [9.17, 15) is 4.79 Å². The van der Waals surface area contributed by atoms with Crippen LogP contribution < -0.4 is 0 Å². The number of carbonyl (C=O) groups is 1. The van der Waals surface area contributed by atoms with Gasteiger partial charge in [0.1, 0.15) is 0 Å². The second-order valence-electron chi connectivity index (χ2n) is 3.07. The summed E-state index contributed by atoms with van der Waals surface area (Å²) in [6.45, 7) is 0.255. The second kappa shape index (κ2) is 5.67. The summed E-state index contributed by atoms with van der Waals surface area (Å²) in [5.41, 5.74) is 0.466. The summed E-state index contributed by atoms with van der Waals surface area (Å²) in [5, 5.41) is 9.16. The van der Waals surface area contributed by atoms with Gasteiger partial charge in [0.25, 0.3) is 5.91 Å². The molecule has 82 valence electrons. The van der Waals surface area contributed by atoms with Gasteiger partial charge in [-0.15, -0.1) is 0 Å². The van der Waals surface area contributed by atoms with E-state index in [1.165, 1.54) is 4.90 Å². The lowest BCUT2D eigenvalue weighted by atomic mass is 10.2. The van der Waals surface area contributed by atoms with Crippen molar-refractivity contribution in [2.24, 2.45) is 0 Å². The van der Waals surface area contributed by atoms with Crippen molar-refractivity contribution in [3.63, 3.8) is 0 Å². The first-order chi connectivity index (χ1) is 7.06. The summed E-state index contributed by atoms with van der Waals surface area (Å²) in [6.07, 6.45) is 0. The van der Waals surface area contributed by atoms with Gasteiger partial charge in [0.15, 0.2) is 0 Å². The minimum atomic E-state index is -0.176. The first-order valence-electron chi connectivity index (χ1n) is 4.37. The van der Waals surface area contributed by atoms with E-state index in [2.05, 4.69) is 22.6 Å². The Morgan fingerprint density at radius 1 is 1.60 bits per heavy atom. The standard InChI is InChI=1S/C10H11ClINO2/c1-13(4-5-14)10(15)8-3-2-7(12)6-9(8)11/h2-3,6,14H,4-5H2,1H3. The van der Waals surface area contributed by atoms with Crippen LogP contribution in [0.1, 0.15) is 10.4 Å². The van der Waals surface area contributed by atoms with Gasteiger partial charge >= 0.3 is 0 Å². The molecule has 0 unspecified atom stereocenters. The van der Waals surface area contributed by atoms with E-state index < -0.39 is 0 Å². The Morgan fingerprint density at radius 2 is 2.27 bits per heavy atom. The highest BCUT2D eigenvalue weighted by atomic mass is 127. The van der Waals surface area contributed by atoms with Crippen molar-refractivity contribution in [3.8, 4) is 0 Å². The van der Waals surface area contributed by atoms with Gasteiger partial charge in [0.2, 0.25) is 0 Å². The normalized spacial score (nSPS) is 10.1. The Morgan fingerprint density at radius 3 is 2.80 bits per heavy atom. The Bertz CT molecular complexity index is 370. The van der Waals surface area contributed by atoms with Crippen molar-refractivity contribution in [1.29, 1.82) is 0 Å². The zero-order chi connectivity index (χ0) is 11.4. The topological polar surface area (TPSA) is 40.5 Å². The van der Waals surface area contributed by atoms with E-state index in [1.807, 2.05) is 6.07 Å². The van der Waals surface area contributed by atoms with Gasteiger partial charge in [0, 0.05) is 17.2 Å². The third-order valence-corrected chi connectivity index (χ3v) is 2.93. The number of benzene rings is 1. The molecule has 1 aromatic rings. The fraction of sp³-hybridized carbons (Fsp3) is 0.300. The van der Waals surface area contributed by atoms with Gasteiger partial charge in [-0.25, -0.2) is 0 Å². The van der Waals surface area contributed by atoms with Crippen molar-refractivity contribution in [2.75, 3.05) is 20.2 Å². The monoisotopic (exact) mass is 339 g/mol. The lowest BCUT2D eigenvalue weighted by Gasteiger charge is -2.16. The van der Waals surface area contributed by atoms with Gasteiger partial charge in [0.05, 0.1) is 17.2 Å². The molecule has 0 atom stereocenters. The fourth-order valence-electron chi connectivity index (χ4n) is 1.12. The minimum Gasteiger partial charge on any atom is -0.395 e. The maximum absolute atomic E-state index is 11.8. The Hall–Kier alpha value is -0.330. The number of hydrogen-bond donors (Lipinski definition) is 1. The molecule has 5 heteroatoms. The van der Waals surface area contributed by atoms with Gasteiger partial charge < -0.3 is 10.0 Å². The molecule has 3 nitrogen and oxygen atoms in total. The highest BCUT2D eigenvalue weighted by Crippen LogP contribution is 2.20. The molecule has 0 radical (unpaired) electrons. The summed E-state index contributed by atoms with van der Waals surface area (Å²) in [4.78, 5) is 13.2. The number of hydrogen-bond acceptors (Lipinski definition) is 2. The molecule has 1 N–H and O–H groups in total. The van der Waals surface area contributed by atoms with Crippen LogP contribution in [0, 0.1) is 3.57 Å². The summed E-state index contributed by atoms with van der Waals surface area (Å²) < 4.78 is 0.985. The highest BCUT2D eigenvalue weighted by Gasteiger charge is 2.14. The molecule has 1 amide bonds. The number of aliphatic hydroxyl groups excluding tert-OH is 1. The lowest BCUT2D eigenvalue weighted by Crippen LogP contribution is -2.29. The van der Waals surface area contributed by atoms with Crippen LogP contribution in [0.4, 0.5) is 0 Å². The number of amides is 1. The minimum absolute atomic E-state index is 0.0514. The van der Waals surface area contributed by atoms with Crippen molar-refractivity contribution >= 4 is 40.1 Å². The smallest absolute Gasteiger partial charge is 0.255 e. The fourth-order valence-corrected chi connectivity index (χ4v) is 2.06. The van der Waals surface area contributed by atoms with Gasteiger partial charge in [-0.2, -0.15) is 0 Å². The van der Waals surface area contributed by atoms with Crippen molar-refractivity contribution in [3.05, 3.63) is 32.4 Å². The molecule has 0 aliphatic carbocycles. The zero-order valence-corrected chi connectivity index (χ0v) is 11.1. The summed E-state index contributed by atoms with van der Waals surface area (Å²) >= 11 is 8.08. The van der Waals surface area contributed by atoms with E-state index in [0.29, 0.717) is 17.1 Å². The number of rotatable bonds is 3. The van der Waals surface area contributed by atoms with Crippen molar-refractivity contribution < 1.29 is 9.90 Å². The van der Waals surface area contributed by atoms with E-state index in [-0.39, 0.29) is 12.5 Å². The maximum atomic E-state index is 11.8. The van der Waals surface area contributed by atoms with Crippen LogP contribution in [0.3, 0.4) is 0 Å². The van der Waals surface area contributed by atoms with Crippen LogP contribution in [0.15, 0.2) is 18.2 Å². The lowest BCUT2D eigenvalue weighted by molar-refractivity contribution is 0.0767. The van der Waals surface area contributed by atoms with Crippen LogP contribution >= 0.6 is 34.2 Å². The summed E-state index contributed by atoms with van der Waals surface area (Å²) in [5.74, 6) is -0.176. The number of carbonyl (C=O) groups excluding carboxylic acids is 1. The second-order valence-corrected chi connectivity index (χ2v) is 4.73. The molecule has 0 saturated heterocycles. The summed E-state index contributed by atoms with van der Waals surface area (Å²) in [6, 6.07) is 5.26.